The Hall–Kier alpha value is -2.75. The molecule has 1 fully saturated rings. The third kappa shape index (κ3) is 4.81. The molecule has 0 aromatic heterocycles. The number of hydrazone groups is 1. The van der Waals surface area contributed by atoms with Crippen molar-refractivity contribution >= 4 is 39.7 Å². The van der Waals surface area contributed by atoms with E-state index >= 15 is 0 Å². The number of carbonyl (C=O) groups is 2. The monoisotopic (exact) mass is 435 g/mol. The number of nitrogens with one attached hydrogen (secondary N) is 1. The Balaban J connectivity index is 1.68. The molecule has 1 aliphatic rings. The van der Waals surface area contributed by atoms with Crippen molar-refractivity contribution in [1.29, 1.82) is 0 Å². The normalized spacial score (nSPS) is 17.5. The van der Waals surface area contributed by atoms with Crippen molar-refractivity contribution < 1.29 is 23.1 Å². The maximum atomic E-state index is 12.9. The van der Waals surface area contributed by atoms with Gasteiger partial charge in [0.25, 0.3) is 5.91 Å². The maximum absolute atomic E-state index is 12.9. The highest BCUT2D eigenvalue weighted by molar-refractivity contribution is 7.89. The van der Waals surface area contributed by atoms with E-state index in [0.29, 0.717) is 23.4 Å². The van der Waals surface area contributed by atoms with E-state index in [2.05, 4.69) is 10.5 Å². The van der Waals surface area contributed by atoms with E-state index < -0.39 is 27.9 Å². The summed E-state index contributed by atoms with van der Waals surface area (Å²) in [6, 6.07) is 10.9. The van der Waals surface area contributed by atoms with Gasteiger partial charge in [0, 0.05) is 11.6 Å². The molecule has 1 unspecified atom stereocenters. The molecule has 3 rings (SSSR count). The molecule has 2 N–H and O–H groups in total. The molecule has 0 radical (unpaired) electrons. The van der Waals surface area contributed by atoms with Gasteiger partial charge in [-0.2, -0.15) is 9.41 Å². The lowest BCUT2D eigenvalue weighted by Gasteiger charge is -2.22. The van der Waals surface area contributed by atoms with Crippen LogP contribution in [0.5, 0.6) is 0 Å². The number of carbonyl (C=O) groups excluding carboxylic acids is 1. The lowest BCUT2D eigenvalue weighted by molar-refractivity contribution is -0.124. The van der Waals surface area contributed by atoms with Crippen LogP contribution >= 0.6 is 11.6 Å². The molecule has 1 heterocycles. The van der Waals surface area contributed by atoms with Crippen molar-refractivity contribution in [2.75, 3.05) is 6.54 Å². The van der Waals surface area contributed by atoms with Crippen molar-refractivity contribution in [1.82, 2.24) is 9.73 Å². The van der Waals surface area contributed by atoms with E-state index in [1.807, 2.05) is 0 Å². The zero-order valence-corrected chi connectivity index (χ0v) is 16.7. The summed E-state index contributed by atoms with van der Waals surface area (Å²) < 4.78 is 26.9. The van der Waals surface area contributed by atoms with Crippen molar-refractivity contribution in [3.8, 4) is 0 Å². The van der Waals surface area contributed by atoms with Crippen LogP contribution in [0, 0.1) is 0 Å². The first-order valence-electron chi connectivity index (χ1n) is 8.73. The Morgan fingerprint density at radius 3 is 2.41 bits per heavy atom. The van der Waals surface area contributed by atoms with Gasteiger partial charge in [-0.3, -0.25) is 4.79 Å². The number of hydrogen-bond acceptors (Lipinski definition) is 5. The molecule has 2 aromatic rings. The van der Waals surface area contributed by atoms with E-state index in [9.17, 15) is 18.0 Å². The summed E-state index contributed by atoms with van der Waals surface area (Å²) in [5.41, 5.74) is 3.09. The molecule has 0 spiro atoms. The minimum Gasteiger partial charge on any atom is -0.478 e. The number of aromatic carboxylic acids is 1. The summed E-state index contributed by atoms with van der Waals surface area (Å²) in [5.74, 6) is -1.57. The average Bonchev–Trinajstić information content (AvgIpc) is 3.19. The molecule has 1 aliphatic heterocycles. The molecule has 0 saturated carbocycles. The number of rotatable bonds is 6. The van der Waals surface area contributed by atoms with Gasteiger partial charge in [0.1, 0.15) is 6.04 Å². The number of carboxylic acid groups (broad SMARTS) is 1. The molecule has 152 valence electrons. The zero-order chi connectivity index (χ0) is 21.0. The highest BCUT2D eigenvalue weighted by atomic mass is 35.5. The first-order chi connectivity index (χ1) is 13.8. The van der Waals surface area contributed by atoms with Crippen LogP contribution in [0.15, 0.2) is 58.5 Å². The van der Waals surface area contributed by atoms with E-state index in [1.165, 1.54) is 46.9 Å². The number of benzene rings is 2. The molecule has 1 saturated heterocycles. The van der Waals surface area contributed by atoms with Gasteiger partial charge in [-0.1, -0.05) is 23.7 Å². The number of amides is 1. The van der Waals surface area contributed by atoms with E-state index in [4.69, 9.17) is 16.7 Å². The molecule has 8 nitrogen and oxygen atoms in total. The molecule has 29 heavy (non-hydrogen) atoms. The van der Waals surface area contributed by atoms with Crippen LogP contribution in [-0.4, -0.2) is 48.5 Å². The fourth-order valence-electron chi connectivity index (χ4n) is 2.99. The van der Waals surface area contributed by atoms with Gasteiger partial charge in [0.15, 0.2) is 0 Å². The Bertz CT molecular complexity index is 1040. The Morgan fingerprint density at radius 2 is 1.79 bits per heavy atom. The van der Waals surface area contributed by atoms with Crippen LogP contribution < -0.4 is 5.43 Å². The summed E-state index contributed by atoms with van der Waals surface area (Å²) in [5, 5.41) is 13.2. The third-order valence-electron chi connectivity index (χ3n) is 4.47. The van der Waals surface area contributed by atoms with Crippen molar-refractivity contribution in [2.45, 2.75) is 23.8 Å². The Kier molecular flexibility index (Phi) is 6.31. The smallest absolute Gasteiger partial charge is 0.335 e. The largest absolute Gasteiger partial charge is 0.478 e. The van der Waals surface area contributed by atoms with Crippen LogP contribution in [0.1, 0.15) is 28.8 Å². The van der Waals surface area contributed by atoms with Gasteiger partial charge in [0.05, 0.1) is 16.7 Å². The van der Waals surface area contributed by atoms with E-state index in [0.717, 1.165) is 0 Å². The molecule has 0 bridgehead atoms. The molecular weight excluding hydrogens is 418 g/mol. The van der Waals surface area contributed by atoms with Crippen molar-refractivity contribution in [2.24, 2.45) is 5.10 Å². The van der Waals surface area contributed by atoms with Crippen LogP contribution in [0.25, 0.3) is 0 Å². The van der Waals surface area contributed by atoms with Gasteiger partial charge in [-0.25, -0.2) is 18.6 Å². The minimum absolute atomic E-state index is 0.0728. The predicted octanol–water partition coefficient (Wildman–Crippen LogP) is 2.34. The van der Waals surface area contributed by atoms with Crippen LogP contribution in [0.2, 0.25) is 5.02 Å². The lowest BCUT2D eigenvalue weighted by Crippen LogP contribution is -2.44. The summed E-state index contributed by atoms with van der Waals surface area (Å²) in [7, 11) is -3.83. The van der Waals surface area contributed by atoms with E-state index in [1.54, 1.807) is 12.1 Å². The minimum atomic E-state index is -3.83. The number of hydrogen-bond donors (Lipinski definition) is 2. The van der Waals surface area contributed by atoms with Crippen LogP contribution in [0.4, 0.5) is 0 Å². The molecule has 2 aromatic carbocycles. The quantitative estimate of drug-likeness (QED) is 0.533. The second kappa shape index (κ2) is 8.73. The second-order valence-electron chi connectivity index (χ2n) is 6.39. The highest BCUT2D eigenvalue weighted by Gasteiger charge is 2.39. The summed E-state index contributed by atoms with van der Waals surface area (Å²) in [6.45, 7) is 0.239. The third-order valence-corrected chi connectivity index (χ3v) is 6.65. The number of halogens is 1. The van der Waals surface area contributed by atoms with Gasteiger partial charge in [-0.15, -0.1) is 0 Å². The fraction of sp³-hybridized carbons (Fsp3) is 0.211. The average molecular weight is 436 g/mol. The highest BCUT2D eigenvalue weighted by Crippen LogP contribution is 2.27. The topological polar surface area (TPSA) is 116 Å². The maximum Gasteiger partial charge on any atom is 0.335 e. The van der Waals surface area contributed by atoms with E-state index in [-0.39, 0.29) is 17.0 Å². The molecule has 1 atom stereocenters. The summed E-state index contributed by atoms with van der Waals surface area (Å²) in [4.78, 5) is 23.4. The van der Waals surface area contributed by atoms with Gasteiger partial charge < -0.3 is 5.11 Å². The fourth-order valence-corrected chi connectivity index (χ4v) is 4.77. The molecule has 1 amide bonds. The van der Waals surface area contributed by atoms with Crippen molar-refractivity contribution in [3.05, 3.63) is 64.7 Å². The van der Waals surface area contributed by atoms with Gasteiger partial charge in [-0.05, 0) is 54.8 Å². The molecule has 0 aliphatic carbocycles. The Morgan fingerprint density at radius 1 is 1.14 bits per heavy atom. The van der Waals surface area contributed by atoms with Crippen LogP contribution in [0.3, 0.4) is 0 Å². The summed E-state index contributed by atoms with van der Waals surface area (Å²) in [6.07, 6.45) is 2.31. The standard InChI is InChI=1S/C19H18ClN3O5S/c20-15-7-9-16(10-8-15)29(27,28)23-11-1-2-17(23)18(24)22-21-12-13-3-5-14(6-4-13)19(25)26/h3-10,12,17H,1-2,11H2,(H,22,24)(H,25,26)/b21-12+. The molecular formula is C19H18ClN3O5S. The first kappa shape index (κ1) is 21.0. The predicted molar refractivity (Wildman–Crippen MR) is 108 cm³/mol. The Labute approximate surface area is 172 Å². The zero-order valence-electron chi connectivity index (χ0n) is 15.2. The van der Waals surface area contributed by atoms with Crippen LogP contribution in [-0.2, 0) is 14.8 Å². The lowest BCUT2D eigenvalue weighted by atomic mass is 10.1. The number of nitrogens with zero attached hydrogens (tertiary/aromatic N) is 2. The molecule has 10 heteroatoms. The van der Waals surface area contributed by atoms with Gasteiger partial charge >= 0.3 is 5.97 Å². The number of sulfonamides is 1. The SMILES string of the molecule is O=C(O)c1ccc(/C=N/NC(=O)C2CCCN2S(=O)(=O)c2ccc(Cl)cc2)cc1. The second-order valence-corrected chi connectivity index (χ2v) is 8.72. The van der Waals surface area contributed by atoms with Crippen molar-refractivity contribution in [3.63, 3.8) is 0 Å². The summed E-state index contributed by atoms with van der Waals surface area (Å²) >= 11 is 5.81. The number of carboxylic acids is 1. The first-order valence-corrected chi connectivity index (χ1v) is 10.5. The van der Waals surface area contributed by atoms with Gasteiger partial charge in [0.2, 0.25) is 10.0 Å².